The van der Waals surface area contributed by atoms with Gasteiger partial charge in [0.25, 0.3) is 0 Å². The van der Waals surface area contributed by atoms with E-state index in [2.05, 4.69) is 19.2 Å². The average molecular weight is 327 g/mol. The van der Waals surface area contributed by atoms with Gasteiger partial charge in [0.05, 0.1) is 0 Å². The van der Waals surface area contributed by atoms with E-state index in [1.54, 1.807) is 0 Å². The van der Waals surface area contributed by atoms with Crippen LogP contribution in [0.5, 0.6) is 0 Å². The molecule has 0 bridgehead atoms. The van der Waals surface area contributed by atoms with Gasteiger partial charge in [-0.3, -0.25) is 0 Å². The summed E-state index contributed by atoms with van der Waals surface area (Å²) in [7, 11) is 0. The summed E-state index contributed by atoms with van der Waals surface area (Å²) in [5.41, 5.74) is 5.62. The number of unbranched alkanes of at least 4 members (excludes halogenated alkanes) is 11. The molecule has 0 aliphatic heterocycles. The lowest BCUT2D eigenvalue weighted by atomic mass is 10.00. The molecule has 0 aromatic rings. The van der Waals surface area contributed by atoms with Gasteiger partial charge in [-0.2, -0.15) is 0 Å². The molecule has 0 aliphatic carbocycles. The molecule has 0 radical (unpaired) electrons. The zero-order valence-electron chi connectivity index (χ0n) is 16.4. The topological polar surface area (TPSA) is 38.0 Å². The molecule has 0 rings (SSSR count). The molecule has 0 aromatic heterocycles. The Hall–Kier alpha value is -0.0800. The van der Waals surface area contributed by atoms with Crippen LogP contribution in [0.4, 0.5) is 0 Å². The molecule has 140 valence electrons. The van der Waals surface area contributed by atoms with Crippen LogP contribution >= 0.6 is 0 Å². The van der Waals surface area contributed by atoms with Crippen molar-refractivity contribution in [3.05, 3.63) is 0 Å². The zero-order chi connectivity index (χ0) is 17.0. The van der Waals surface area contributed by atoms with Gasteiger partial charge in [0.2, 0.25) is 0 Å². The van der Waals surface area contributed by atoms with Crippen LogP contribution in [0.2, 0.25) is 0 Å². The van der Waals surface area contributed by atoms with E-state index in [9.17, 15) is 0 Å². The molecule has 0 saturated carbocycles. The van der Waals surface area contributed by atoms with Gasteiger partial charge in [-0.25, -0.2) is 0 Å². The lowest BCUT2D eigenvalue weighted by Crippen LogP contribution is -2.31. The van der Waals surface area contributed by atoms with Crippen molar-refractivity contribution in [1.29, 1.82) is 0 Å². The lowest BCUT2D eigenvalue weighted by molar-refractivity contribution is 0.410. The molecule has 0 amide bonds. The second kappa shape index (κ2) is 20.0. The fourth-order valence-corrected chi connectivity index (χ4v) is 3.28. The van der Waals surface area contributed by atoms with Gasteiger partial charge in [0.1, 0.15) is 0 Å². The lowest BCUT2D eigenvalue weighted by Gasteiger charge is -2.19. The molecule has 0 aromatic carbocycles. The predicted octanol–water partition coefficient (Wildman–Crippen LogP) is 6.18. The van der Waals surface area contributed by atoms with Crippen molar-refractivity contribution < 1.29 is 0 Å². The molecule has 0 heterocycles. The highest BCUT2D eigenvalue weighted by Gasteiger charge is 2.07. The number of nitrogens with one attached hydrogen (secondary N) is 1. The molecule has 1 unspecified atom stereocenters. The Morgan fingerprint density at radius 1 is 0.609 bits per heavy atom. The Morgan fingerprint density at radius 2 is 1.04 bits per heavy atom. The summed E-state index contributed by atoms with van der Waals surface area (Å²) < 4.78 is 0. The molecule has 0 aliphatic rings. The van der Waals surface area contributed by atoms with Crippen molar-refractivity contribution in [2.45, 2.75) is 123 Å². The molecule has 0 fully saturated rings. The van der Waals surface area contributed by atoms with Crippen LogP contribution in [-0.4, -0.2) is 19.1 Å². The highest BCUT2D eigenvalue weighted by Crippen LogP contribution is 2.14. The third kappa shape index (κ3) is 18.1. The molecular formula is C21H46N2. The minimum atomic E-state index is 0.739. The van der Waals surface area contributed by atoms with E-state index in [1.165, 1.54) is 96.3 Å². The van der Waals surface area contributed by atoms with Crippen LogP contribution in [0.3, 0.4) is 0 Å². The van der Waals surface area contributed by atoms with Gasteiger partial charge in [-0.1, -0.05) is 97.3 Å². The molecule has 23 heavy (non-hydrogen) atoms. The minimum Gasteiger partial charge on any atom is -0.330 e. The average Bonchev–Trinajstić information content (AvgIpc) is 2.56. The fourth-order valence-electron chi connectivity index (χ4n) is 3.28. The summed E-state index contributed by atoms with van der Waals surface area (Å²) in [4.78, 5) is 0. The number of nitrogens with two attached hydrogens (primary N) is 1. The van der Waals surface area contributed by atoms with E-state index < -0.39 is 0 Å². The molecule has 2 nitrogen and oxygen atoms in total. The van der Waals surface area contributed by atoms with Gasteiger partial charge in [0, 0.05) is 6.04 Å². The monoisotopic (exact) mass is 326 g/mol. The standard InChI is InChI=1S/C21H46N2/c1-3-5-7-9-11-13-15-18-21(23-20-16-19-22)17-14-12-10-8-6-4-2/h21,23H,3-20,22H2,1-2H3. The first-order valence-electron chi connectivity index (χ1n) is 10.8. The van der Waals surface area contributed by atoms with Crippen LogP contribution in [-0.2, 0) is 0 Å². The molecular weight excluding hydrogens is 280 g/mol. The summed E-state index contributed by atoms with van der Waals surface area (Å²) in [6.07, 6.45) is 22.2. The van der Waals surface area contributed by atoms with Crippen molar-refractivity contribution in [3.63, 3.8) is 0 Å². The van der Waals surface area contributed by atoms with Crippen molar-refractivity contribution in [1.82, 2.24) is 5.32 Å². The molecule has 0 spiro atoms. The molecule has 1 atom stereocenters. The smallest absolute Gasteiger partial charge is 0.00670 e. The van der Waals surface area contributed by atoms with E-state index in [0.717, 1.165) is 25.6 Å². The van der Waals surface area contributed by atoms with E-state index in [0.29, 0.717) is 0 Å². The van der Waals surface area contributed by atoms with E-state index in [-0.39, 0.29) is 0 Å². The molecule has 2 heteroatoms. The third-order valence-electron chi connectivity index (χ3n) is 4.88. The zero-order valence-corrected chi connectivity index (χ0v) is 16.4. The third-order valence-corrected chi connectivity index (χ3v) is 4.88. The molecule has 3 N–H and O–H groups in total. The van der Waals surface area contributed by atoms with E-state index in [4.69, 9.17) is 5.73 Å². The quantitative estimate of drug-likeness (QED) is 0.278. The summed E-state index contributed by atoms with van der Waals surface area (Å²) in [5, 5.41) is 3.75. The Labute approximate surface area is 147 Å². The second-order valence-electron chi connectivity index (χ2n) is 7.26. The maximum Gasteiger partial charge on any atom is 0.00670 e. The van der Waals surface area contributed by atoms with E-state index in [1.807, 2.05) is 0 Å². The summed E-state index contributed by atoms with van der Waals surface area (Å²) in [6.45, 7) is 6.50. The van der Waals surface area contributed by atoms with E-state index >= 15 is 0 Å². The van der Waals surface area contributed by atoms with Crippen LogP contribution in [0, 0.1) is 0 Å². The van der Waals surface area contributed by atoms with Crippen molar-refractivity contribution in [3.8, 4) is 0 Å². The van der Waals surface area contributed by atoms with Crippen molar-refractivity contribution in [2.75, 3.05) is 13.1 Å². The number of rotatable bonds is 19. The Bertz CT molecular complexity index is 206. The van der Waals surface area contributed by atoms with Gasteiger partial charge in [0.15, 0.2) is 0 Å². The first-order chi connectivity index (χ1) is 11.3. The van der Waals surface area contributed by atoms with Crippen molar-refractivity contribution in [2.24, 2.45) is 5.73 Å². The summed E-state index contributed by atoms with van der Waals surface area (Å²) in [5.74, 6) is 0. The van der Waals surface area contributed by atoms with Gasteiger partial charge < -0.3 is 11.1 Å². The normalized spacial score (nSPS) is 12.7. The highest BCUT2D eigenvalue weighted by atomic mass is 14.9. The van der Waals surface area contributed by atoms with Crippen LogP contribution in [0.25, 0.3) is 0 Å². The summed E-state index contributed by atoms with van der Waals surface area (Å²) >= 11 is 0. The largest absolute Gasteiger partial charge is 0.330 e. The Morgan fingerprint density at radius 3 is 1.48 bits per heavy atom. The second-order valence-corrected chi connectivity index (χ2v) is 7.26. The summed E-state index contributed by atoms with van der Waals surface area (Å²) in [6, 6.07) is 0.739. The van der Waals surface area contributed by atoms with Gasteiger partial charge in [-0.05, 0) is 32.4 Å². The first kappa shape index (κ1) is 22.9. The number of hydrogen-bond acceptors (Lipinski definition) is 2. The van der Waals surface area contributed by atoms with Crippen molar-refractivity contribution >= 4 is 0 Å². The predicted molar refractivity (Wildman–Crippen MR) is 106 cm³/mol. The van der Waals surface area contributed by atoms with Gasteiger partial charge in [-0.15, -0.1) is 0 Å². The van der Waals surface area contributed by atoms with Crippen LogP contribution in [0.15, 0.2) is 0 Å². The maximum absolute atomic E-state index is 5.62. The SMILES string of the molecule is CCCCCCCCCC(CCCCCCCC)NCCCN. The Balaban J connectivity index is 3.64. The number of hydrogen-bond donors (Lipinski definition) is 2. The van der Waals surface area contributed by atoms with Crippen LogP contribution < -0.4 is 11.1 Å². The molecule has 0 saturated heterocycles. The fraction of sp³-hybridized carbons (Fsp3) is 1.00. The minimum absolute atomic E-state index is 0.739. The van der Waals surface area contributed by atoms with Crippen LogP contribution in [0.1, 0.15) is 117 Å². The Kier molecular flexibility index (Phi) is 19.9. The highest BCUT2D eigenvalue weighted by molar-refractivity contribution is 4.67. The first-order valence-corrected chi connectivity index (χ1v) is 10.8. The maximum atomic E-state index is 5.62. The van der Waals surface area contributed by atoms with Gasteiger partial charge >= 0.3 is 0 Å².